The molecule has 0 aliphatic heterocycles. The summed E-state index contributed by atoms with van der Waals surface area (Å²) in [6, 6.07) is 12.5. The van der Waals surface area contributed by atoms with Crippen molar-refractivity contribution in [1.29, 1.82) is 0 Å². The van der Waals surface area contributed by atoms with E-state index in [1.165, 1.54) is 18.2 Å². The first kappa shape index (κ1) is 15.4. The molecule has 0 bridgehead atoms. The summed E-state index contributed by atoms with van der Waals surface area (Å²) in [5.41, 5.74) is -0.0748. The fraction of sp³-hybridized carbons (Fsp3) is 0.176. The number of aromatic hydroxyl groups is 1. The Labute approximate surface area is 128 Å². The maximum atomic E-state index is 10.6. The molecule has 5 heteroatoms. The summed E-state index contributed by atoms with van der Waals surface area (Å²) < 4.78 is 5.72. The van der Waals surface area contributed by atoms with Crippen molar-refractivity contribution >= 4 is 5.69 Å². The predicted octanol–water partition coefficient (Wildman–Crippen LogP) is 3.51. The van der Waals surface area contributed by atoms with Gasteiger partial charge in [0.1, 0.15) is 11.5 Å². The molecule has 2 aromatic carbocycles. The van der Waals surface area contributed by atoms with Gasteiger partial charge in [-0.3, -0.25) is 10.1 Å². The number of hydrogen-bond donors (Lipinski definition) is 1. The minimum Gasteiger partial charge on any atom is -0.508 e. The van der Waals surface area contributed by atoms with Crippen molar-refractivity contribution in [3.63, 3.8) is 0 Å². The highest BCUT2D eigenvalue weighted by Crippen LogP contribution is 2.22. The van der Waals surface area contributed by atoms with Crippen LogP contribution >= 0.6 is 0 Å². The molecule has 2 aromatic rings. The summed E-state index contributed by atoms with van der Waals surface area (Å²) in [6.45, 7) is 3.60. The van der Waals surface area contributed by atoms with Crippen LogP contribution in [0.4, 0.5) is 5.69 Å². The average molecular weight is 297 g/mol. The van der Waals surface area contributed by atoms with Crippen molar-refractivity contribution in [2.75, 3.05) is 0 Å². The zero-order valence-corrected chi connectivity index (χ0v) is 12.2. The summed E-state index contributed by atoms with van der Waals surface area (Å²) in [5, 5.41) is 20.0. The molecule has 112 valence electrons. The molecular weight excluding hydrogens is 282 g/mol. The van der Waals surface area contributed by atoms with Gasteiger partial charge in [0.25, 0.3) is 5.69 Å². The third-order valence-corrected chi connectivity index (χ3v) is 2.78. The van der Waals surface area contributed by atoms with Crippen molar-refractivity contribution < 1.29 is 14.8 Å². The topological polar surface area (TPSA) is 72.6 Å². The van der Waals surface area contributed by atoms with E-state index in [9.17, 15) is 15.2 Å². The molecule has 0 heterocycles. The van der Waals surface area contributed by atoms with Crippen LogP contribution in [0.2, 0.25) is 0 Å². The molecule has 0 atom stereocenters. The Balaban J connectivity index is 2.13. The Morgan fingerprint density at radius 2 is 1.86 bits per heavy atom. The van der Waals surface area contributed by atoms with E-state index in [1.807, 2.05) is 0 Å². The van der Waals surface area contributed by atoms with Crippen molar-refractivity contribution in [2.24, 2.45) is 0 Å². The number of phenols is 1. The van der Waals surface area contributed by atoms with Gasteiger partial charge in [0.15, 0.2) is 5.60 Å². The Bertz CT molecular complexity index is 739. The standard InChI is InChI=1S/C17H15NO4/c1-17(2,22-16-5-3-4-15(19)12-16)11-10-13-6-8-14(9-7-13)18(20)21/h3-9,12,19H,1-2H3. The van der Waals surface area contributed by atoms with Gasteiger partial charge in [-0.05, 0) is 38.1 Å². The van der Waals surface area contributed by atoms with Crippen LogP contribution in [0.1, 0.15) is 19.4 Å². The molecule has 22 heavy (non-hydrogen) atoms. The third kappa shape index (κ3) is 4.25. The van der Waals surface area contributed by atoms with Crippen LogP contribution in [-0.4, -0.2) is 15.6 Å². The molecule has 0 radical (unpaired) electrons. The minimum atomic E-state index is -0.768. The first-order valence-corrected chi connectivity index (χ1v) is 6.61. The number of hydrogen-bond acceptors (Lipinski definition) is 4. The Hall–Kier alpha value is -3.00. The fourth-order valence-electron chi connectivity index (χ4n) is 1.76. The fourth-order valence-corrected chi connectivity index (χ4v) is 1.76. The molecule has 1 N–H and O–H groups in total. The van der Waals surface area contributed by atoms with Crippen LogP contribution in [0.25, 0.3) is 0 Å². The molecule has 5 nitrogen and oxygen atoms in total. The normalized spacial score (nSPS) is 10.5. The number of rotatable bonds is 3. The molecule has 2 rings (SSSR count). The quantitative estimate of drug-likeness (QED) is 0.534. The van der Waals surface area contributed by atoms with Gasteiger partial charge in [-0.25, -0.2) is 0 Å². The Morgan fingerprint density at radius 1 is 1.18 bits per heavy atom. The van der Waals surface area contributed by atoms with Crippen LogP contribution in [0.5, 0.6) is 11.5 Å². The molecule has 0 unspecified atom stereocenters. The number of phenolic OH excluding ortho intramolecular Hbond substituents is 1. The Kier molecular flexibility index (Phi) is 4.33. The molecule has 0 aliphatic rings. The molecule has 0 saturated heterocycles. The first-order chi connectivity index (χ1) is 10.4. The van der Waals surface area contributed by atoms with Crippen LogP contribution in [0.15, 0.2) is 48.5 Å². The van der Waals surface area contributed by atoms with Gasteiger partial charge in [0.05, 0.1) is 4.92 Å². The molecule has 0 amide bonds. The average Bonchev–Trinajstić information content (AvgIpc) is 2.45. The highest BCUT2D eigenvalue weighted by molar-refractivity contribution is 5.42. The molecule has 0 saturated carbocycles. The lowest BCUT2D eigenvalue weighted by Gasteiger charge is -2.20. The van der Waals surface area contributed by atoms with E-state index in [0.717, 1.165) is 0 Å². The maximum Gasteiger partial charge on any atom is 0.269 e. The van der Waals surface area contributed by atoms with Crippen LogP contribution < -0.4 is 4.74 Å². The van der Waals surface area contributed by atoms with E-state index in [1.54, 1.807) is 44.2 Å². The number of ether oxygens (including phenoxy) is 1. The molecule has 0 aromatic heterocycles. The summed E-state index contributed by atoms with van der Waals surface area (Å²) >= 11 is 0. The van der Waals surface area contributed by atoms with Gasteiger partial charge in [-0.1, -0.05) is 17.9 Å². The largest absolute Gasteiger partial charge is 0.508 e. The van der Waals surface area contributed by atoms with Crippen LogP contribution in [0.3, 0.4) is 0 Å². The molecule has 0 spiro atoms. The predicted molar refractivity (Wildman–Crippen MR) is 82.8 cm³/mol. The van der Waals surface area contributed by atoms with Gasteiger partial charge in [0.2, 0.25) is 0 Å². The first-order valence-electron chi connectivity index (χ1n) is 6.61. The maximum absolute atomic E-state index is 10.6. The SMILES string of the molecule is CC(C)(C#Cc1ccc([N+](=O)[O-])cc1)Oc1cccc(O)c1. The van der Waals surface area contributed by atoms with E-state index in [4.69, 9.17) is 4.74 Å². The molecule has 0 aliphatic carbocycles. The third-order valence-electron chi connectivity index (χ3n) is 2.78. The van der Waals surface area contributed by atoms with Crippen LogP contribution in [0, 0.1) is 22.0 Å². The lowest BCUT2D eigenvalue weighted by molar-refractivity contribution is -0.384. The second kappa shape index (κ2) is 6.19. The summed E-state index contributed by atoms with van der Waals surface area (Å²) in [4.78, 5) is 10.1. The summed E-state index contributed by atoms with van der Waals surface area (Å²) in [5.74, 6) is 6.53. The van der Waals surface area contributed by atoms with Gasteiger partial charge < -0.3 is 9.84 Å². The smallest absolute Gasteiger partial charge is 0.269 e. The number of benzene rings is 2. The van der Waals surface area contributed by atoms with Gasteiger partial charge in [-0.2, -0.15) is 0 Å². The number of nitrogens with zero attached hydrogens (tertiary/aromatic N) is 1. The van der Waals surface area contributed by atoms with E-state index in [2.05, 4.69) is 11.8 Å². The van der Waals surface area contributed by atoms with Gasteiger partial charge >= 0.3 is 0 Å². The Morgan fingerprint density at radius 3 is 2.45 bits per heavy atom. The van der Waals surface area contributed by atoms with E-state index >= 15 is 0 Å². The number of nitro benzene ring substituents is 1. The van der Waals surface area contributed by atoms with Crippen molar-refractivity contribution in [3.8, 4) is 23.3 Å². The number of nitro groups is 1. The van der Waals surface area contributed by atoms with Crippen molar-refractivity contribution in [2.45, 2.75) is 19.4 Å². The second-order valence-electron chi connectivity index (χ2n) is 5.16. The van der Waals surface area contributed by atoms with Crippen molar-refractivity contribution in [1.82, 2.24) is 0 Å². The van der Waals surface area contributed by atoms with Gasteiger partial charge in [-0.15, -0.1) is 0 Å². The van der Waals surface area contributed by atoms with Gasteiger partial charge in [0, 0.05) is 23.8 Å². The highest BCUT2D eigenvalue weighted by Gasteiger charge is 2.16. The number of non-ortho nitro benzene ring substituents is 1. The van der Waals surface area contributed by atoms with E-state index in [0.29, 0.717) is 11.3 Å². The lowest BCUT2D eigenvalue weighted by atomic mass is 10.1. The summed E-state index contributed by atoms with van der Waals surface area (Å²) in [7, 11) is 0. The van der Waals surface area contributed by atoms with Crippen molar-refractivity contribution in [3.05, 3.63) is 64.2 Å². The molecular formula is C17H15NO4. The van der Waals surface area contributed by atoms with E-state index in [-0.39, 0.29) is 11.4 Å². The minimum absolute atomic E-state index is 0.0285. The van der Waals surface area contributed by atoms with E-state index < -0.39 is 10.5 Å². The zero-order chi connectivity index (χ0) is 16.2. The van der Waals surface area contributed by atoms with Crippen LogP contribution in [-0.2, 0) is 0 Å². The molecule has 0 fully saturated rings. The lowest BCUT2D eigenvalue weighted by Crippen LogP contribution is -2.25. The summed E-state index contributed by atoms with van der Waals surface area (Å²) in [6.07, 6.45) is 0. The highest BCUT2D eigenvalue weighted by atomic mass is 16.6. The second-order valence-corrected chi connectivity index (χ2v) is 5.16. The zero-order valence-electron chi connectivity index (χ0n) is 12.2. The monoisotopic (exact) mass is 297 g/mol.